The standard InChI is InChI=1S/C25H22F3N5O2/c1-32(2)22(35)15-29-20-13-18(25(26,27)28)23-19(34)14-21(30-16-9-5-3-6-10-16)33(24(23)31-20)17-11-7-4-8-12-17/h3-14,30H,15H2,1-2H3,(H,29,31). The van der Waals surface area contributed by atoms with E-state index in [9.17, 15) is 22.8 Å². The molecule has 10 heteroatoms. The summed E-state index contributed by atoms with van der Waals surface area (Å²) in [5.41, 5.74) is -1.03. The van der Waals surface area contributed by atoms with E-state index in [2.05, 4.69) is 15.6 Å². The number of halogens is 3. The normalized spacial score (nSPS) is 11.3. The highest BCUT2D eigenvalue weighted by Gasteiger charge is 2.35. The molecule has 2 heterocycles. The van der Waals surface area contributed by atoms with E-state index >= 15 is 0 Å². The molecule has 2 aromatic heterocycles. The van der Waals surface area contributed by atoms with Crippen LogP contribution in [0.1, 0.15) is 5.56 Å². The molecule has 0 aliphatic rings. The molecular weight excluding hydrogens is 459 g/mol. The van der Waals surface area contributed by atoms with Crippen molar-refractivity contribution in [3.05, 3.63) is 88.6 Å². The van der Waals surface area contributed by atoms with E-state index in [4.69, 9.17) is 0 Å². The lowest BCUT2D eigenvalue weighted by Crippen LogP contribution is -2.29. The summed E-state index contributed by atoms with van der Waals surface area (Å²) in [7, 11) is 3.07. The fourth-order valence-corrected chi connectivity index (χ4v) is 3.55. The first-order valence-corrected chi connectivity index (χ1v) is 10.6. The second-order valence-electron chi connectivity index (χ2n) is 7.95. The van der Waals surface area contributed by atoms with Crippen LogP contribution in [0.2, 0.25) is 0 Å². The number of carbonyl (C=O) groups is 1. The van der Waals surface area contributed by atoms with Crippen molar-refractivity contribution in [1.82, 2.24) is 14.5 Å². The summed E-state index contributed by atoms with van der Waals surface area (Å²) in [6.45, 7) is -0.264. The van der Waals surface area contributed by atoms with Crippen molar-refractivity contribution in [3.8, 4) is 5.69 Å². The summed E-state index contributed by atoms with van der Waals surface area (Å²) in [5.74, 6) is -0.289. The average Bonchev–Trinajstić information content (AvgIpc) is 2.82. The molecule has 0 aliphatic heterocycles. The Hall–Kier alpha value is -4.34. The lowest BCUT2D eigenvalue weighted by atomic mass is 10.1. The molecule has 2 N–H and O–H groups in total. The molecule has 180 valence electrons. The van der Waals surface area contributed by atoms with Crippen LogP contribution in [-0.2, 0) is 11.0 Å². The van der Waals surface area contributed by atoms with Gasteiger partial charge in [-0.15, -0.1) is 0 Å². The minimum absolute atomic E-state index is 0.180. The summed E-state index contributed by atoms with van der Waals surface area (Å²) in [4.78, 5) is 30.7. The first-order chi connectivity index (χ1) is 16.6. The summed E-state index contributed by atoms with van der Waals surface area (Å²) < 4.78 is 43.7. The fourth-order valence-electron chi connectivity index (χ4n) is 3.55. The number of fused-ring (bicyclic) bond motifs is 1. The average molecular weight is 481 g/mol. The number of nitrogens with one attached hydrogen (secondary N) is 2. The van der Waals surface area contributed by atoms with Crippen molar-refractivity contribution in [1.29, 1.82) is 0 Å². The number of hydrogen-bond donors (Lipinski definition) is 2. The highest BCUT2D eigenvalue weighted by atomic mass is 19.4. The number of hydrogen-bond acceptors (Lipinski definition) is 5. The molecule has 2 aromatic carbocycles. The molecule has 0 fully saturated rings. The van der Waals surface area contributed by atoms with E-state index in [1.54, 1.807) is 54.6 Å². The number of likely N-dealkylation sites (N-methyl/N-ethyl adjacent to an activating group) is 1. The maximum absolute atomic E-state index is 14.1. The van der Waals surface area contributed by atoms with Gasteiger partial charge in [0.05, 0.1) is 17.5 Å². The molecule has 0 unspecified atom stereocenters. The zero-order chi connectivity index (χ0) is 25.2. The van der Waals surface area contributed by atoms with Crippen LogP contribution < -0.4 is 16.1 Å². The second kappa shape index (κ2) is 9.49. The second-order valence-corrected chi connectivity index (χ2v) is 7.95. The minimum Gasteiger partial charge on any atom is -0.361 e. The number of amides is 1. The first-order valence-electron chi connectivity index (χ1n) is 10.6. The molecule has 0 radical (unpaired) electrons. The number of nitrogens with zero attached hydrogens (tertiary/aromatic N) is 3. The number of benzene rings is 2. The molecule has 7 nitrogen and oxygen atoms in total. The van der Waals surface area contributed by atoms with Crippen LogP contribution in [0.25, 0.3) is 16.7 Å². The Labute approximate surface area is 198 Å². The maximum atomic E-state index is 14.1. The molecule has 4 aromatic rings. The van der Waals surface area contributed by atoms with E-state index in [0.717, 1.165) is 12.1 Å². The minimum atomic E-state index is -4.83. The van der Waals surface area contributed by atoms with Crippen LogP contribution in [0.15, 0.2) is 77.6 Å². The Morgan fingerprint density at radius 3 is 2.23 bits per heavy atom. The van der Waals surface area contributed by atoms with Gasteiger partial charge in [-0.05, 0) is 30.3 Å². The third kappa shape index (κ3) is 5.11. The summed E-state index contributed by atoms with van der Waals surface area (Å²) in [6.07, 6.45) is -4.83. The number of carbonyl (C=O) groups excluding carboxylic acids is 1. The van der Waals surface area contributed by atoms with Gasteiger partial charge < -0.3 is 15.5 Å². The Morgan fingerprint density at radius 2 is 1.63 bits per heavy atom. The van der Waals surface area contributed by atoms with Gasteiger partial charge in [0.15, 0.2) is 11.1 Å². The Kier molecular flexibility index (Phi) is 6.46. The van der Waals surface area contributed by atoms with E-state index in [-0.39, 0.29) is 29.7 Å². The lowest BCUT2D eigenvalue weighted by Gasteiger charge is -2.20. The lowest BCUT2D eigenvalue weighted by molar-refractivity contribution is -0.136. The van der Waals surface area contributed by atoms with Crippen LogP contribution in [-0.4, -0.2) is 41.0 Å². The SMILES string of the molecule is CN(C)C(=O)CNc1cc(C(F)(F)F)c2c(=O)cc(Nc3ccccc3)n(-c3ccccc3)c2n1. The van der Waals surface area contributed by atoms with Gasteiger partial charge in [0.1, 0.15) is 11.6 Å². The van der Waals surface area contributed by atoms with Crippen LogP contribution in [0, 0.1) is 0 Å². The largest absolute Gasteiger partial charge is 0.417 e. The van der Waals surface area contributed by atoms with Crippen LogP contribution in [0.3, 0.4) is 0 Å². The van der Waals surface area contributed by atoms with Gasteiger partial charge in [0, 0.05) is 31.5 Å². The fraction of sp³-hybridized carbons (Fsp3) is 0.160. The molecule has 35 heavy (non-hydrogen) atoms. The zero-order valence-electron chi connectivity index (χ0n) is 18.9. The molecular formula is C25H22F3N5O2. The topological polar surface area (TPSA) is 79.3 Å². The maximum Gasteiger partial charge on any atom is 0.417 e. The van der Waals surface area contributed by atoms with Crippen LogP contribution >= 0.6 is 0 Å². The molecule has 0 spiro atoms. The van der Waals surface area contributed by atoms with E-state index in [1.807, 2.05) is 6.07 Å². The third-order valence-electron chi connectivity index (χ3n) is 5.25. The molecule has 0 saturated heterocycles. The van der Waals surface area contributed by atoms with Gasteiger partial charge in [0.25, 0.3) is 0 Å². The van der Waals surface area contributed by atoms with Gasteiger partial charge in [-0.2, -0.15) is 13.2 Å². The molecule has 0 atom stereocenters. The summed E-state index contributed by atoms with van der Waals surface area (Å²) in [5, 5.41) is 5.20. The summed E-state index contributed by atoms with van der Waals surface area (Å²) >= 11 is 0. The van der Waals surface area contributed by atoms with E-state index in [0.29, 0.717) is 11.4 Å². The van der Waals surface area contributed by atoms with Gasteiger partial charge in [0.2, 0.25) is 5.91 Å². The van der Waals surface area contributed by atoms with Gasteiger partial charge in [-0.1, -0.05) is 36.4 Å². The number of aromatic nitrogens is 2. The van der Waals surface area contributed by atoms with Gasteiger partial charge in [-0.25, -0.2) is 4.98 Å². The predicted octanol–water partition coefficient (Wildman–Crippen LogP) is 4.65. The van der Waals surface area contributed by atoms with E-state index in [1.165, 1.54) is 23.6 Å². The van der Waals surface area contributed by atoms with Crippen molar-refractivity contribution < 1.29 is 18.0 Å². The van der Waals surface area contributed by atoms with Crippen molar-refractivity contribution in [2.75, 3.05) is 31.3 Å². The number of pyridine rings is 2. The van der Waals surface area contributed by atoms with E-state index < -0.39 is 22.6 Å². The smallest absolute Gasteiger partial charge is 0.361 e. The van der Waals surface area contributed by atoms with Crippen molar-refractivity contribution in [2.45, 2.75) is 6.18 Å². The molecule has 0 aliphatic carbocycles. The van der Waals surface area contributed by atoms with Crippen LogP contribution in [0.4, 0.5) is 30.5 Å². The first kappa shape index (κ1) is 23.8. The van der Waals surface area contributed by atoms with Gasteiger partial charge >= 0.3 is 6.18 Å². The molecule has 0 bridgehead atoms. The van der Waals surface area contributed by atoms with Crippen LogP contribution in [0.5, 0.6) is 0 Å². The zero-order valence-corrected chi connectivity index (χ0v) is 18.9. The Bertz CT molecular complexity index is 1420. The molecule has 0 saturated carbocycles. The number of alkyl halides is 3. The Balaban J connectivity index is 2.01. The van der Waals surface area contributed by atoms with Crippen molar-refractivity contribution in [3.63, 3.8) is 0 Å². The highest BCUT2D eigenvalue weighted by molar-refractivity contribution is 5.87. The number of anilines is 3. The molecule has 1 amide bonds. The molecule has 4 rings (SSSR count). The quantitative estimate of drug-likeness (QED) is 0.419. The highest BCUT2D eigenvalue weighted by Crippen LogP contribution is 2.36. The predicted molar refractivity (Wildman–Crippen MR) is 129 cm³/mol. The third-order valence-corrected chi connectivity index (χ3v) is 5.25. The van der Waals surface area contributed by atoms with Crippen molar-refractivity contribution >= 4 is 34.3 Å². The van der Waals surface area contributed by atoms with Crippen molar-refractivity contribution in [2.24, 2.45) is 0 Å². The van der Waals surface area contributed by atoms with Gasteiger partial charge in [-0.3, -0.25) is 14.2 Å². The summed E-state index contributed by atoms with van der Waals surface area (Å²) in [6, 6.07) is 19.4. The number of para-hydroxylation sites is 2. The monoisotopic (exact) mass is 481 g/mol. The Morgan fingerprint density at radius 1 is 1.00 bits per heavy atom. The number of rotatable bonds is 6.